The van der Waals surface area contributed by atoms with Gasteiger partial charge in [0.1, 0.15) is 0 Å². The SMILES string of the molecule is C=CNc1ccc(CCCC(=O)NCCN(CC)CC)cc1.CC(=O)NC1=CC=CCCC1.CCC.CCC.CCC#N.CCCNC(=O)CSC. The van der Waals surface area contributed by atoms with Crippen molar-refractivity contribution in [3.8, 4) is 6.07 Å². The van der Waals surface area contributed by atoms with Gasteiger partial charge in [-0.15, -0.1) is 0 Å². The molecule has 0 atom stereocenters. The van der Waals surface area contributed by atoms with Crippen LogP contribution in [-0.4, -0.2) is 67.4 Å². The number of aryl methyl sites for hydroxylation is 1. The Kier molecular flexibility index (Phi) is 48.3. The predicted octanol–water partition coefficient (Wildman–Crippen LogP) is 9.40. The standard InChI is InChI=1S/C18H29N3O.C9H13NO.C6H13NOS.C3H5N.2C3H8/c1-4-19-17-12-10-16(11-13-17)8-7-9-18(22)20-14-15-21(5-2)6-3;1-8(11)10-9-6-4-2-3-5-7-9;1-3-4-7-6(8)5-9-2;1-2-3-4;2*1-3-2/h4,10-13,19H,1,5-9,14-15H2,2-3H3,(H,20,22);2,4,6H,3,5,7H2,1H3,(H,10,11);3-5H2,1-2H3,(H,7,8);2H2,1H3;2*3H2,1-2H3. The average Bonchev–Trinajstić information content (AvgIpc) is 3.40. The van der Waals surface area contributed by atoms with E-state index in [4.69, 9.17) is 5.26 Å². The summed E-state index contributed by atoms with van der Waals surface area (Å²) < 4.78 is 0. The first-order valence-electron chi connectivity index (χ1n) is 19.2. The van der Waals surface area contributed by atoms with Gasteiger partial charge in [0, 0.05) is 50.8 Å². The van der Waals surface area contributed by atoms with Crippen molar-refractivity contribution in [3.63, 3.8) is 0 Å². The second kappa shape index (κ2) is 45.5. The lowest BCUT2D eigenvalue weighted by Crippen LogP contribution is -2.34. The number of carbonyl (C=O) groups excluding carboxylic acids is 3. The molecule has 0 fully saturated rings. The zero-order valence-electron chi connectivity index (χ0n) is 34.7. The molecule has 1 aliphatic rings. The number of nitrogens with zero attached hydrogens (tertiary/aromatic N) is 2. The summed E-state index contributed by atoms with van der Waals surface area (Å²) in [4.78, 5) is 35.4. The summed E-state index contributed by atoms with van der Waals surface area (Å²) in [6.07, 6.45) is 19.4. The monoisotopic (exact) mass is 745 g/mol. The highest BCUT2D eigenvalue weighted by atomic mass is 32.2. The lowest BCUT2D eigenvalue weighted by molar-refractivity contribution is -0.121. The minimum absolute atomic E-state index is 0.0200. The molecule has 52 heavy (non-hydrogen) atoms. The molecule has 4 N–H and O–H groups in total. The fourth-order valence-electron chi connectivity index (χ4n) is 3.87. The molecule has 9 nitrogen and oxygen atoms in total. The quantitative estimate of drug-likeness (QED) is 0.133. The number of amides is 3. The van der Waals surface area contributed by atoms with Gasteiger partial charge in [-0.3, -0.25) is 14.4 Å². The number of allylic oxidation sites excluding steroid dienone is 4. The summed E-state index contributed by atoms with van der Waals surface area (Å²) in [6, 6.07) is 10.2. The summed E-state index contributed by atoms with van der Waals surface area (Å²) in [5, 5.41) is 19.2. The molecule has 0 aromatic heterocycles. The third-order valence-corrected chi connectivity index (χ3v) is 6.88. The molecule has 0 saturated heterocycles. The molecule has 0 unspecified atom stereocenters. The number of thioether (sulfide) groups is 1. The van der Waals surface area contributed by atoms with E-state index in [0.717, 1.165) is 82.6 Å². The lowest BCUT2D eigenvalue weighted by Gasteiger charge is -2.17. The molecule has 0 heterocycles. The molecule has 0 radical (unpaired) electrons. The second-order valence-corrected chi connectivity index (χ2v) is 12.5. The third-order valence-electron chi connectivity index (χ3n) is 6.33. The van der Waals surface area contributed by atoms with E-state index >= 15 is 0 Å². The molecule has 1 aromatic rings. The van der Waals surface area contributed by atoms with Crippen LogP contribution in [0.3, 0.4) is 0 Å². The summed E-state index contributed by atoms with van der Waals surface area (Å²) in [7, 11) is 0. The summed E-state index contributed by atoms with van der Waals surface area (Å²) in [5.74, 6) is 0.896. The fourth-order valence-corrected chi connectivity index (χ4v) is 4.24. The van der Waals surface area contributed by atoms with E-state index in [2.05, 4.69) is 92.5 Å². The van der Waals surface area contributed by atoms with Crippen molar-refractivity contribution in [2.24, 2.45) is 0 Å². The first kappa shape index (κ1) is 55.2. The number of likely N-dealkylation sites (N-methyl/N-ethyl adjacent to an activating group) is 1. The van der Waals surface area contributed by atoms with Gasteiger partial charge in [0.05, 0.1) is 11.8 Å². The van der Waals surface area contributed by atoms with Gasteiger partial charge < -0.3 is 26.2 Å². The molecule has 0 spiro atoms. The van der Waals surface area contributed by atoms with Gasteiger partial charge in [-0.1, -0.05) is 99.1 Å². The van der Waals surface area contributed by atoms with Crippen LogP contribution in [-0.2, 0) is 20.8 Å². The molecule has 3 amide bonds. The minimum Gasteiger partial charge on any atom is -0.362 e. The maximum atomic E-state index is 11.8. The Balaban J connectivity index is -0.000000320. The van der Waals surface area contributed by atoms with Gasteiger partial charge >= 0.3 is 0 Å². The average molecular weight is 745 g/mol. The van der Waals surface area contributed by atoms with Crippen LogP contribution in [0.2, 0.25) is 0 Å². The zero-order valence-corrected chi connectivity index (χ0v) is 35.5. The molecule has 2 rings (SSSR count). The topological polar surface area (TPSA) is 126 Å². The molecular weight excluding hydrogens is 669 g/mol. The maximum absolute atomic E-state index is 11.8. The molecule has 0 bridgehead atoms. The molecular formula is C42H76N6O3S. The molecule has 0 saturated carbocycles. The third kappa shape index (κ3) is 44.5. The highest BCUT2D eigenvalue weighted by Gasteiger charge is 2.04. The predicted molar refractivity (Wildman–Crippen MR) is 228 cm³/mol. The summed E-state index contributed by atoms with van der Waals surface area (Å²) in [6.45, 7) is 26.3. The number of nitriles is 1. The van der Waals surface area contributed by atoms with Crippen molar-refractivity contribution >= 4 is 35.2 Å². The van der Waals surface area contributed by atoms with Crippen molar-refractivity contribution in [1.29, 1.82) is 5.26 Å². The Morgan fingerprint density at radius 3 is 2.00 bits per heavy atom. The van der Waals surface area contributed by atoms with Crippen LogP contribution in [0.15, 0.2) is 61.0 Å². The van der Waals surface area contributed by atoms with E-state index in [1.165, 1.54) is 25.3 Å². The van der Waals surface area contributed by atoms with Gasteiger partial charge in [-0.2, -0.15) is 17.0 Å². The summed E-state index contributed by atoms with van der Waals surface area (Å²) in [5.41, 5.74) is 3.32. The minimum atomic E-state index is 0.0200. The van der Waals surface area contributed by atoms with Gasteiger partial charge in [0.2, 0.25) is 17.7 Å². The van der Waals surface area contributed by atoms with Gasteiger partial charge in [0.15, 0.2) is 0 Å². The fraction of sp³-hybridized carbons (Fsp3) is 0.619. The number of hydrogen-bond acceptors (Lipinski definition) is 7. The van der Waals surface area contributed by atoms with Crippen LogP contribution in [0, 0.1) is 11.3 Å². The van der Waals surface area contributed by atoms with E-state index in [-0.39, 0.29) is 17.7 Å². The van der Waals surface area contributed by atoms with Gasteiger partial charge in [0.25, 0.3) is 0 Å². The van der Waals surface area contributed by atoms with Crippen LogP contribution in [0.5, 0.6) is 0 Å². The van der Waals surface area contributed by atoms with Crippen molar-refractivity contribution in [2.45, 2.75) is 127 Å². The Labute approximate surface area is 323 Å². The molecule has 298 valence electrons. The first-order chi connectivity index (χ1) is 25.0. The van der Waals surface area contributed by atoms with Crippen molar-refractivity contribution in [1.82, 2.24) is 20.9 Å². The number of carbonyl (C=O) groups is 3. The first-order valence-corrected chi connectivity index (χ1v) is 20.6. The molecule has 10 heteroatoms. The summed E-state index contributed by atoms with van der Waals surface area (Å²) >= 11 is 1.55. The number of rotatable bonds is 16. The molecule has 1 aliphatic carbocycles. The van der Waals surface area contributed by atoms with E-state index in [0.29, 0.717) is 18.6 Å². The van der Waals surface area contributed by atoms with E-state index < -0.39 is 0 Å². The highest BCUT2D eigenvalue weighted by molar-refractivity contribution is 7.99. The Bertz CT molecular complexity index is 1080. The normalized spacial score (nSPS) is 10.7. The second-order valence-electron chi connectivity index (χ2n) is 11.7. The Morgan fingerprint density at radius 1 is 0.942 bits per heavy atom. The van der Waals surface area contributed by atoms with Crippen LogP contribution < -0.4 is 21.3 Å². The van der Waals surface area contributed by atoms with E-state index in [9.17, 15) is 14.4 Å². The Morgan fingerprint density at radius 2 is 1.52 bits per heavy atom. The van der Waals surface area contributed by atoms with Crippen LogP contribution in [0.25, 0.3) is 0 Å². The van der Waals surface area contributed by atoms with Crippen LogP contribution in [0.1, 0.15) is 126 Å². The van der Waals surface area contributed by atoms with E-state index in [1.807, 2.05) is 50.5 Å². The molecule has 0 aliphatic heterocycles. The van der Waals surface area contributed by atoms with Crippen molar-refractivity contribution in [2.75, 3.05) is 50.0 Å². The maximum Gasteiger partial charge on any atom is 0.229 e. The number of anilines is 1. The molecule has 1 aromatic carbocycles. The number of hydrogen-bond donors (Lipinski definition) is 4. The number of nitrogens with one attached hydrogen (secondary N) is 4. The smallest absolute Gasteiger partial charge is 0.229 e. The van der Waals surface area contributed by atoms with Crippen molar-refractivity contribution < 1.29 is 14.4 Å². The number of benzene rings is 1. The van der Waals surface area contributed by atoms with Crippen LogP contribution >= 0.6 is 11.8 Å². The Hall–Kier alpha value is -3.55. The largest absolute Gasteiger partial charge is 0.362 e. The van der Waals surface area contributed by atoms with Crippen LogP contribution in [0.4, 0.5) is 5.69 Å². The van der Waals surface area contributed by atoms with E-state index in [1.54, 1.807) is 18.0 Å². The van der Waals surface area contributed by atoms with Gasteiger partial charge in [-0.05, 0) is 87.8 Å². The van der Waals surface area contributed by atoms with Gasteiger partial charge in [-0.25, -0.2) is 0 Å². The lowest BCUT2D eigenvalue weighted by atomic mass is 10.1. The zero-order chi connectivity index (χ0) is 40.3. The van der Waals surface area contributed by atoms with Crippen molar-refractivity contribution in [3.05, 3.63) is 66.5 Å². The highest BCUT2D eigenvalue weighted by Crippen LogP contribution is 2.12.